The second kappa shape index (κ2) is 11.5. The van der Waals surface area contributed by atoms with Crippen LogP contribution in [0.2, 0.25) is 0 Å². The molecule has 0 N–H and O–H groups in total. The Kier molecular flexibility index (Phi) is 6.27. The van der Waals surface area contributed by atoms with Gasteiger partial charge in [-0.3, -0.25) is 4.57 Å². The first-order chi connectivity index (χ1) is 27.3. The minimum Gasteiger partial charge on any atom is -0.454 e. The van der Waals surface area contributed by atoms with Crippen LogP contribution in [0.4, 0.5) is 0 Å². The van der Waals surface area contributed by atoms with Crippen LogP contribution in [0.25, 0.3) is 110 Å². The lowest BCUT2D eigenvalue weighted by molar-refractivity contribution is 0.671. The van der Waals surface area contributed by atoms with E-state index in [-0.39, 0.29) is 0 Å². The molecule has 0 saturated carbocycles. The number of furan rings is 1. The molecule has 4 aromatic heterocycles. The number of para-hydroxylation sites is 4. The molecule has 5 heteroatoms. The summed E-state index contributed by atoms with van der Waals surface area (Å²) in [6.07, 6.45) is 0. The maximum Gasteiger partial charge on any atom is 0.235 e. The maximum absolute atomic E-state index is 6.74. The van der Waals surface area contributed by atoms with E-state index in [1.54, 1.807) is 0 Å². The Bertz CT molecular complexity index is 3470. The molecule has 0 aliphatic carbocycles. The minimum absolute atomic E-state index is 0.623. The summed E-state index contributed by atoms with van der Waals surface area (Å²) < 4.78 is 11.4. The zero-order valence-electron chi connectivity index (χ0n) is 29.5. The Hall–Kier alpha value is -7.50. The van der Waals surface area contributed by atoms with Crippen molar-refractivity contribution in [1.29, 1.82) is 0 Å². The lowest BCUT2D eigenvalue weighted by Gasteiger charge is -2.14. The molecule has 0 fully saturated rings. The number of benzene rings is 8. The van der Waals surface area contributed by atoms with Crippen LogP contribution >= 0.6 is 0 Å². The zero-order valence-corrected chi connectivity index (χ0v) is 29.5. The number of hydrogen-bond acceptors (Lipinski definition) is 3. The lowest BCUT2D eigenvalue weighted by Crippen LogP contribution is -2.04. The van der Waals surface area contributed by atoms with Gasteiger partial charge in [0.2, 0.25) is 5.95 Å². The van der Waals surface area contributed by atoms with Gasteiger partial charge in [0.1, 0.15) is 5.58 Å². The highest BCUT2D eigenvalue weighted by molar-refractivity contribution is 6.27. The Morgan fingerprint density at radius 2 is 0.927 bits per heavy atom. The van der Waals surface area contributed by atoms with Gasteiger partial charge in [-0.15, -0.1) is 0 Å². The zero-order chi connectivity index (χ0) is 36.0. The lowest BCUT2D eigenvalue weighted by atomic mass is 10.0. The molecular formula is C50H30N4O. The Morgan fingerprint density at radius 1 is 0.364 bits per heavy atom. The number of nitrogens with zero attached hydrogens (tertiary/aromatic N) is 4. The normalized spacial score (nSPS) is 12.0. The van der Waals surface area contributed by atoms with Crippen molar-refractivity contribution in [3.63, 3.8) is 0 Å². The topological polar surface area (TPSA) is 48.8 Å². The molecule has 0 bridgehead atoms. The Balaban J connectivity index is 1.22. The second-order valence-electron chi connectivity index (χ2n) is 14.2. The van der Waals surface area contributed by atoms with Crippen LogP contribution in [0.5, 0.6) is 0 Å². The second-order valence-corrected chi connectivity index (χ2v) is 14.2. The van der Waals surface area contributed by atoms with Crippen LogP contribution in [0.3, 0.4) is 0 Å². The van der Waals surface area contributed by atoms with Gasteiger partial charge in [0.15, 0.2) is 5.58 Å². The van der Waals surface area contributed by atoms with Crippen LogP contribution in [-0.2, 0) is 0 Å². The van der Waals surface area contributed by atoms with Crippen molar-refractivity contribution in [2.24, 2.45) is 0 Å². The van der Waals surface area contributed by atoms with Gasteiger partial charge in [0, 0.05) is 49.0 Å². The number of aromatic nitrogens is 4. The summed E-state index contributed by atoms with van der Waals surface area (Å²) in [6, 6.07) is 64.1. The van der Waals surface area contributed by atoms with Gasteiger partial charge in [0.05, 0.1) is 33.3 Å². The fourth-order valence-corrected chi connectivity index (χ4v) is 8.69. The molecule has 12 aromatic rings. The van der Waals surface area contributed by atoms with Crippen molar-refractivity contribution in [1.82, 2.24) is 19.1 Å². The summed E-state index contributed by atoms with van der Waals surface area (Å²) in [6.45, 7) is 0. The third-order valence-electron chi connectivity index (χ3n) is 11.1. The van der Waals surface area contributed by atoms with E-state index in [1.165, 1.54) is 11.1 Å². The number of hydrogen-bond donors (Lipinski definition) is 0. The molecule has 0 unspecified atom stereocenters. The first-order valence-corrected chi connectivity index (χ1v) is 18.6. The smallest absolute Gasteiger partial charge is 0.235 e. The molecule has 0 aliphatic rings. The Labute approximate surface area is 315 Å². The maximum atomic E-state index is 6.74. The third-order valence-corrected chi connectivity index (χ3v) is 11.1. The number of rotatable bonds is 4. The van der Waals surface area contributed by atoms with Crippen molar-refractivity contribution in [2.75, 3.05) is 0 Å². The van der Waals surface area contributed by atoms with Gasteiger partial charge >= 0.3 is 0 Å². The summed E-state index contributed by atoms with van der Waals surface area (Å²) in [5.74, 6) is 0.623. The van der Waals surface area contributed by atoms with Gasteiger partial charge in [0.25, 0.3) is 0 Å². The SMILES string of the molecule is c1ccc(-c2ccc(-c3nc(-n4c5ccccc5c5ccc6c7ccc8c9ccccc9oc8c7n(-c7ccccc7)c6c54)nc4ccccc34)cc2)cc1. The third kappa shape index (κ3) is 4.35. The minimum atomic E-state index is 0.623. The summed E-state index contributed by atoms with van der Waals surface area (Å²) in [4.78, 5) is 10.8. The van der Waals surface area contributed by atoms with Gasteiger partial charge < -0.3 is 8.98 Å². The first-order valence-electron chi connectivity index (χ1n) is 18.6. The molecule has 0 amide bonds. The molecule has 256 valence electrons. The predicted molar refractivity (Wildman–Crippen MR) is 226 cm³/mol. The van der Waals surface area contributed by atoms with Crippen molar-refractivity contribution >= 4 is 76.5 Å². The molecule has 0 aliphatic heterocycles. The van der Waals surface area contributed by atoms with E-state index < -0.39 is 0 Å². The van der Waals surface area contributed by atoms with Crippen LogP contribution in [-0.4, -0.2) is 19.1 Å². The van der Waals surface area contributed by atoms with Crippen LogP contribution in [0.15, 0.2) is 186 Å². The first kappa shape index (κ1) is 30.0. The van der Waals surface area contributed by atoms with Gasteiger partial charge in [-0.25, -0.2) is 9.97 Å². The Morgan fingerprint density at radius 3 is 1.73 bits per heavy atom. The molecule has 0 saturated heterocycles. The summed E-state index contributed by atoms with van der Waals surface area (Å²) in [5.41, 5.74) is 12.2. The average Bonchev–Trinajstić information content (AvgIpc) is 3.92. The van der Waals surface area contributed by atoms with Gasteiger partial charge in [-0.05, 0) is 47.5 Å². The van der Waals surface area contributed by atoms with E-state index in [4.69, 9.17) is 14.4 Å². The monoisotopic (exact) mass is 702 g/mol. The van der Waals surface area contributed by atoms with E-state index >= 15 is 0 Å². The highest BCUT2D eigenvalue weighted by Crippen LogP contribution is 2.45. The summed E-state index contributed by atoms with van der Waals surface area (Å²) in [7, 11) is 0. The van der Waals surface area contributed by atoms with Crippen molar-refractivity contribution < 1.29 is 4.42 Å². The molecule has 0 spiro atoms. The van der Waals surface area contributed by atoms with Crippen LogP contribution < -0.4 is 0 Å². The van der Waals surface area contributed by atoms with Crippen LogP contribution in [0, 0.1) is 0 Å². The van der Waals surface area contributed by atoms with Crippen molar-refractivity contribution in [2.45, 2.75) is 0 Å². The molecule has 4 heterocycles. The molecule has 0 atom stereocenters. The van der Waals surface area contributed by atoms with E-state index in [9.17, 15) is 0 Å². The highest BCUT2D eigenvalue weighted by atomic mass is 16.3. The number of fused-ring (bicyclic) bond motifs is 12. The highest BCUT2D eigenvalue weighted by Gasteiger charge is 2.25. The van der Waals surface area contributed by atoms with Crippen LogP contribution in [0.1, 0.15) is 0 Å². The summed E-state index contributed by atoms with van der Waals surface area (Å²) in [5, 5.41) is 7.75. The van der Waals surface area contributed by atoms with E-state index in [2.05, 4.69) is 179 Å². The predicted octanol–water partition coefficient (Wildman–Crippen LogP) is 13.1. The quantitative estimate of drug-likeness (QED) is 0.183. The van der Waals surface area contributed by atoms with Crippen molar-refractivity contribution in [3.05, 3.63) is 182 Å². The molecule has 55 heavy (non-hydrogen) atoms. The van der Waals surface area contributed by atoms with Crippen molar-refractivity contribution in [3.8, 4) is 34.0 Å². The molecule has 8 aromatic carbocycles. The fraction of sp³-hybridized carbons (Fsp3) is 0. The molecular weight excluding hydrogens is 673 g/mol. The van der Waals surface area contributed by atoms with E-state index in [1.807, 2.05) is 12.1 Å². The molecule has 5 nitrogen and oxygen atoms in total. The van der Waals surface area contributed by atoms with Gasteiger partial charge in [-0.1, -0.05) is 146 Å². The molecule has 12 rings (SSSR count). The fourth-order valence-electron chi connectivity index (χ4n) is 8.69. The van der Waals surface area contributed by atoms with E-state index in [0.29, 0.717) is 5.95 Å². The molecule has 0 radical (unpaired) electrons. The van der Waals surface area contributed by atoms with Gasteiger partial charge in [-0.2, -0.15) is 0 Å². The standard InChI is InChI=1S/C50H30N4O/c1-3-13-31(14-4-1)32-23-25-33(26-24-32)45-41-19-7-10-20-42(41)51-50(52-45)54-43-21-11-8-17-35(43)37-27-28-38-39-29-30-40-36-18-9-12-22-44(36)55-49(40)48(39)53(46(38)47(37)54)34-15-5-2-6-16-34/h1-30H. The average molecular weight is 703 g/mol. The summed E-state index contributed by atoms with van der Waals surface area (Å²) >= 11 is 0. The van der Waals surface area contributed by atoms with E-state index in [0.717, 1.165) is 93.4 Å². The largest absolute Gasteiger partial charge is 0.454 e.